The van der Waals surface area contributed by atoms with Crippen molar-refractivity contribution >= 4 is 17.2 Å². The average molecular weight is 241 g/mol. The molecule has 0 saturated carbocycles. The maximum absolute atomic E-state index is 11.7. The Morgan fingerprint density at radius 1 is 1.62 bits per heavy atom. The quantitative estimate of drug-likeness (QED) is 0.848. The number of hydrogen-bond acceptors (Lipinski definition) is 4. The van der Waals surface area contributed by atoms with Crippen LogP contribution in [-0.4, -0.2) is 36.4 Å². The minimum Gasteiger partial charge on any atom is -0.343 e. The third kappa shape index (κ3) is 3.28. The highest BCUT2D eigenvalue weighted by atomic mass is 32.1. The smallest absolute Gasteiger partial charge is 0.234 e. The van der Waals surface area contributed by atoms with Crippen LogP contribution in [0.1, 0.15) is 25.3 Å². The Hall–Kier alpha value is -0.940. The maximum Gasteiger partial charge on any atom is 0.234 e. The Kier molecular flexibility index (Phi) is 4.44. The van der Waals surface area contributed by atoms with E-state index >= 15 is 0 Å². The summed E-state index contributed by atoms with van der Waals surface area (Å²) in [6.45, 7) is 4.47. The molecule has 0 aliphatic heterocycles. The van der Waals surface area contributed by atoms with Crippen LogP contribution in [0.2, 0.25) is 0 Å². The van der Waals surface area contributed by atoms with Crippen molar-refractivity contribution in [1.82, 2.24) is 15.2 Å². The zero-order valence-electron chi connectivity index (χ0n) is 10.3. The molecule has 0 aromatic carbocycles. The molecule has 0 aliphatic rings. The first-order chi connectivity index (χ1) is 7.48. The second-order valence-electron chi connectivity index (χ2n) is 4.31. The number of nitrogens with zero attached hydrogens (tertiary/aromatic N) is 2. The molecule has 0 aliphatic carbocycles. The van der Waals surface area contributed by atoms with E-state index in [0.29, 0.717) is 6.54 Å². The minimum absolute atomic E-state index is 0.0320. The fourth-order valence-corrected chi connectivity index (χ4v) is 2.25. The average Bonchev–Trinajstić information content (AvgIpc) is 2.69. The van der Waals surface area contributed by atoms with Crippen LogP contribution in [0.15, 0.2) is 11.6 Å². The van der Waals surface area contributed by atoms with Crippen LogP contribution in [0.4, 0.5) is 0 Å². The minimum atomic E-state index is -0.346. The standard InChI is InChI=1S/C11H19N3OS/c1-5-11(2,10-12-6-7-16-10)13-9(15)8-14(3)4/h6-7H,5,8H2,1-4H3,(H,13,15)/t11-/m0/s1. The number of hydrogen-bond donors (Lipinski definition) is 1. The molecule has 1 rings (SSSR count). The molecule has 1 N–H and O–H groups in total. The second kappa shape index (κ2) is 5.41. The van der Waals surface area contributed by atoms with Crippen LogP contribution in [-0.2, 0) is 10.3 Å². The fraction of sp³-hybridized carbons (Fsp3) is 0.636. The van der Waals surface area contributed by atoms with Gasteiger partial charge in [0.15, 0.2) is 0 Å². The summed E-state index contributed by atoms with van der Waals surface area (Å²) in [6.07, 6.45) is 2.60. The number of carbonyl (C=O) groups is 1. The lowest BCUT2D eigenvalue weighted by Crippen LogP contribution is -2.46. The first kappa shape index (κ1) is 13.1. The predicted molar refractivity (Wildman–Crippen MR) is 66.5 cm³/mol. The number of likely N-dealkylation sites (N-methyl/N-ethyl adjacent to an activating group) is 1. The first-order valence-electron chi connectivity index (χ1n) is 5.33. The number of aromatic nitrogens is 1. The van der Waals surface area contributed by atoms with Gasteiger partial charge in [0.2, 0.25) is 5.91 Å². The van der Waals surface area contributed by atoms with E-state index < -0.39 is 0 Å². The zero-order chi connectivity index (χ0) is 12.2. The fourth-order valence-electron chi connectivity index (χ4n) is 1.42. The molecule has 0 spiro atoms. The molecule has 1 heterocycles. The summed E-state index contributed by atoms with van der Waals surface area (Å²) in [4.78, 5) is 17.9. The van der Waals surface area contributed by atoms with Gasteiger partial charge in [-0.2, -0.15) is 0 Å². The lowest BCUT2D eigenvalue weighted by atomic mass is 10.00. The summed E-state index contributed by atoms with van der Waals surface area (Å²) in [5, 5.41) is 5.94. The summed E-state index contributed by atoms with van der Waals surface area (Å²) in [5.41, 5.74) is -0.346. The third-order valence-electron chi connectivity index (χ3n) is 2.49. The van der Waals surface area contributed by atoms with Gasteiger partial charge < -0.3 is 10.2 Å². The van der Waals surface area contributed by atoms with E-state index in [2.05, 4.69) is 17.2 Å². The van der Waals surface area contributed by atoms with Gasteiger partial charge in [-0.1, -0.05) is 6.92 Å². The Morgan fingerprint density at radius 2 is 2.31 bits per heavy atom. The Labute approximate surface area is 101 Å². The highest BCUT2D eigenvalue weighted by Gasteiger charge is 2.28. The van der Waals surface area contributed by atoms with Crippen LogP contribution in [0, 0.1) is 0 Å². The SMILES string of the molecule is CC[C@](C)(NC(=O)CN(C)C)c1nccs1. The van der Waals surface area contributed by atoms with Gasteiger partial charge in [-0.25, -0.2) is 4.98 Å². The molecule has 0 unspecified atom stereocenters. The van der Waals surface area contributed by atoms with Crippen molar-refractivity contribution in [3.63, 3.8) is 0 Å². The van der Waals surface area contributed by atoms with E-state index in [1.165, 1.54) is 0 Å². The number of thiazole rings is 1. The van der Waals surface area contributed by atoms with Crippen molar-refractivity contribution in [3.8, 4) is 0 Å². The molecular weight excluding hydrogens is 222 g/mol. The van der Waals surface area contributed by atoms with Crippen molar-refractivity contribution in [1.29, 1.82) is 0 Å². The van der Waals surface area contributed by atoms with E-state index in [1.54, 1.807) is 17.5 Å². The summed E-state index contributed by atoms with van der Waals surface area (Å²) in [6, 6.07) is 0. The highest BCUT2D eigenvalue weighted by molar-refractivity contribution is 7.09. The predicted octanol–water partition coefficient (Wildman–Crippen LogP) is 1.45. The monoisotopic (exact) mass is 241 g/mol. The van der Waals surface area contributed by atoms with Gasteiger partial charge in [0.25, 0.3) is 0 Å². The van der Waals surface area contributed by atoms with E-state index in [4.69, 9.17) is 0 Å². The topological polar surface area (TPSA) is 45.2 Å². The number of amides is 1. The maximum atomic E-state index is 11.7. The molecule has 1 aromatic rings. The van der Waals surface area contributed by atoms with Gasteiger partial charge in [-0.3, -0.25) is 4.79 Å². The molecular formula is C11H19N3OS. The van der Waals surface area contributed by atoms with Gasteiger partial charge in [-0.05, 0) is 27.4 Å². The van der Waals surface area contributed by atoms with Crippen LogP contribution in [0.25, 0.3) is 0 Å². The van der Waals surface area contributed by atoms with Crippen molar-refractivity contribution in [2.45, 2.75) is 25.8 Å². The van der Waals surface area contributed by atoms with Crippen molar-refractivity contribution in [2.75, 3.05) is 20.6 Å². The normalized spacial score (nSPS) is 14.8. The molecule has 0 bridgehead atoms. The summed E-state index contributed by atoms with van der Waals surface area (Å²) in [5.74, 6) is 0.0320. The van der Waals surface area contributed by atoms with E-state index in [9.17, 15) is 4.79 Å². The molecule has 0 fully saturated rings. The number of nitrogens with one attached hydrogen (secondary N) is 1. The first-order valence-corrected chi connectivity index (χ1v) is 6.21. The summed E-state index contributed by atoms with van der Waals surface area (Å²) < 4.78 is 0. The Balaban J connectivity index is 2.71. The number of carbonyl (C=O) groups excluding carboxylic acids is 1. The molecule has 1 aromatic heterocycles. The molecule has 5 heteroatoms. The lowest BCUT2D eigenvalue weighted by Gasteiger charge is -2.28. The zero-order valence-corrected chi connectivity index (χ0v) is 11.1. The second-order valence-corrected chi connectivity index (χ2v) is 5.20. The van der Waals surface area contributed by atoms with Crippen LogP contribution in [0.3, 0.4) is 0 Å². The van der Waals surface area contributed by atoms with Gasteiger partial charge in [-0.15, -0.1) is 11.3 Å². The summed E-state index contributed by atoms with van der Waals surface area (Å²) >= 11 is 1.58. The van der Waals surface area contributed by atoms with Crippen molar-refractivity contribution in [3.05, 3.63) is 16.6 Å². The molecule has 0 radical (unpaired) electrons. The highest BCUT2D eigenvalue weighted by Crippen LogP contribution is 2.25. The molecule has 90 valence electrons. The lowest BCUT2D eigenvalue weighted by molar-refractivity contribution is -0.123. The van der Waals surface area contributed by atoms with Gasteiger partial charge in [0, 0.05) is 11.6 Å². The van der Waals surface area contributed by atoms with Crippen LogP contribution >= 0.6 is 11.3 Å². The van der Waals surface area contributed by atoms with Crippen LogP contribution < -0.4 is 5.32 Å². The molecule has 0 saturated heterocycles. The largest absolute Gasteiger partial charge is 0.343 e. The molecule has 1 atom stereocenters. The molecule has 4 nitrogen and oxygen atoms in total. The van der Waals surface area contributed by atoms with E-state index in [1.807, 2.05) is 31.3 Å². The Morgan fingerprint density at radius 3 is 2.75 bits per heavy atom. The molecule has 16 heavy (non-hydrogen) atoms. The van der Waals surface area contributed by atoms with Crippen LogP contribution in [0.5, 0.6) is 0 Å². The van der Waals surface area contributed by atoms with Gasteiger partial charge in [0.1, 0.15) is 5.01 Å². The van der Waals surface area contributed by atoms with Gasteiger partial charge >= 0.3 is 0 Å². The Bertz CT molecular complexity index is 337. The van der Waals surface area contributed by atoms with E-state index in [-0.39, 0.29) is 11.4 Å². The van der Waals surface area contributed by atoms with Crippen molar-refractivity contribution in [2.24, 2.45) is 0 Å². The molecule has 1 amide bonds. The van der Waals surface area contributed by atoms with Gasteiger partial charge in [0.05, 0.1) is 12.1 Å². The van der Waals surface area contributed by atoms with Crippen molar-refractivity contribution < 1.29 is 4.79 Å². The van der Waals surface area contributed by atoms with E-state index in [0.717, 1.165) is 11.4 Å². The summed E-state index contributed by atoms with van der Waals surface area (Å²) in [7, 11) is 3.76. The third-order valence-corrected chi connectivity index (χ3v) is 3.52. The number of rotatable bonds is 5.